The minimum absolute atomic E-state index is 0.594. The molecule has 0 saturated heterocycles. The molecule has 0 unspecified atom stereocenters. The van der Waals surface area contributed by atoms with Crippen LogP contribution in [0.25, 0.3) is 10.9 Å². The maximum absolute atomic E-state index is 6.00. The number of nitrogens with zero attached hydrogens (tertiary/aromatic N) is 2. The van der Waals surface area contributed by atoms with Crippen LogP contribution in [0.5, 0.6) is 5.75 Å². The molecule has 1 aromatic heterocycles. The fraction of sp³-hybridized carbons (Fsp3) is 0.357. The van der Waals surface area contributed by atoms with E-state index in [9.17, 15) is 0 Å². The van der Waals surface area contributed by atoms with Crippen molar-refractivity contribution in [3.63, 3.8) is 0 Å². The molecule has 18 heavy (non-hydrogen) atoms. The van der Waals surface area contributed by atoms with Crippen LogP contribution in [-0.4, -0.2) is 30.6 Å². The summed E-state index contributed by atoms with van der Waals surface area (Å²) < 4.78 is 5.19. The lowest BCUT2D eigenvalue weighted by Crippen LogP contribution is -2.18. The van der Waals surface area contributed by atoms with Gasteiger partial charge in [-0.1, -0.05) is 6.92 Å². The normalized spacial score (nSPS) is 11.1. The maximum atomic E-state index is 6.00. The van der Waals surface area contributed by atoms with Crippen LogP contribution < -0.4 is 10.5 Å². The van der Waals surface area contributed by atoms with Gasteiger partial charge in [-0.15, -0.1) is 0 Å². The van der Waals surface area contributed by atoms with Gasteiger partial charge in [0.05, 0.1) is 12.6 Å². The van der Waals surface area contributed by atoms with E-state index in [4.69, 9.17) is 10.5 Å². The molecule has 96 valence electrons. The number of hydrogen-bond acceptors (Lipinski definition) is 4. The summed E-state index contributed by atoms with van der Waals surface area (Å²) in [6.45, 7) is 3.92. The minimum atomic E-state index is 0.594. The van der Waals surface area contributed by atoms with Crippen molar-refractivity contribution in [2.75, 3.05) is 26.4 Å². The topological polar surface area (TPSA) is 51.4 Å². The van der Waals surface area contributed by atoms with Gasteiger partial charge in [0.1, 0.15) is 11.6 Å². The highest BCUT2D eigenvalue weighted by molar-refractivity contribution is 5.82. The molecule has 0 saturated carbocycles. The Morgan fingerprint density at radius 2 is 2.11 bits per heavy atom. The number of methoxy groups -OCH3 is 1. The number of ether oxygens (including phenoxy) is 1. The van der Waals surface area contributed by atoms with Gasteiger partial charge >= 0.3 is 0 Å². The van der Waals surface area contributed by atoms with Crippen molar-refractivity contribution in [3.05, 3.63) is 29.8 Å². The largest absolute Gasteiger partial charge is 0.497 e. The van der Waals surface area contributed by atoms with Crippen LogP contribution in [0.4, 0.5) is 5.82 Å². The number of nitrogen functional groups attached to an aromatic ring is 1. The average Bonchev–Trinajstić information content (AvgIpc) is 2.38. The van der Waals surface area contributed by atoms with Crippen LogP contribution in [0.1, 0.15) is 12.5 Å². The van der Waals surface area contributed by atoms with E-state index < -0.39 is 0 Å². The second-order valence-electron chi connectivity index (χ2n) is 4.42. The first kappa shape index (κ1) is 12.6. The van der Waals surface area contributed by atoms with Crippen LogP contribution in [0.15, 0.2) is 24.3 Å². The predicted molar refractivity (Wildman–Crippen MR) is 74.7 cm³/mol. The van der Waals surface area contributed by atoms with Gasteiger partial charge in [0, 0.05) is 23.6 Å². The van der Waals surface area contributed by atoms with E-state index in [2.05, 4.69) is 29.9 Å². The van der Waals surface area contributed by atoms with E-state index in [1.165, 1.54) is 0 Å². The molecule has 2 rings (SSSR count). The number of aromatic nitrogens is 1. The van der Waals surface area contributed by atoms with Gasteiger partial charge in [-0.3, -0.25) is 0 Å². The van der Waals surface area contributed by atoms with E-state index in [1.807, 2.05) is 18.2 Å². The van der Waals surface area contributed by atoms with E-state index >= 15 is 0 Å². The quantitative estimate of drug-likeness (QED) is 0.897. The van der Waals surface area contributed by atoms with E-state index in [-0.39, 0.29) is 0 Å². The first-order valence-electron chi connectivity index (χ1n) is 6.05. The van der Waals surface area contributed by atoms with E-state index in [0.29, 0.717) is 5.82 Å². The van der Waals surface area contributed by atoms with Crippen molar-refractivity contribution < 1.29 is 4.74 Å². The van der Waals surface area contributed by atoms with Crippen LogP contribution in [0.3, 0.4) is 0 Å². The second-order valence-corrected chi connectivity index (χ2v) is 4.42. The first-order valence-corrected chi connectivity index (χ1v) is 6.05. The third kappa shape index (κ3) is 2.54. The summed E-state index contributed by atoms with van der Waals surface area (Å²) in [5.41, 5.74) is 7.94. The molecule has 4 nitrogen and oxygen atoms in total. The molecule has 0 amide bonds. The Morgan fingerprint density at radius 3 is 2.78 bits per heavy atom. The molecule has 4 heteroatoms. The van der Waals surface area contributed by atoms with Crippen LogP contribution in [0, 0.1) is 0 Å². The zero-order valence-electron chi connectivity index (χ0n) is 11.1. The van der Waals surface area contributed by atoms with Crippen molar-refractivity contribution in [1.82, 2.24) is 9.88 Å². The number of benzene rings is 1. The lowest BCUT2D eigenvalue weighted by Gasteiger charge is -2.15. The molecule has 0 spiro atoms. The van der Waals surface area contributed by atoms with Gasteiger partial charge in [-0.25, -0.2) is 4.98 Å². The molecule has 1 heterocycles. The fourth-order valence-corrected chi connectivity index (χ4v) is 1.86. The highest BCUT2D eigenvalue weighted by Gasteiger charge is 2.07. The Bertz CT molecular complexity index is 554. The van der Waals surface area contributed by atoms with Crippen molar-refractivity contribution in [2.45, 2.75) is 13.5 Å². The summed E-state index contributed by atoms with van der Waals surface area (Å²) in [7, 11) is 3.72. The number of pyridine rings is 1. The molecule has 2 N–H and O–H groups in total. The third-order valence-electron chi connectivity index (χ3n) is 3.12. The summed E-state index contributed by atoms with van der Waals surface area (Å²) >= 11 is 0. The lowest BCUT2D eigenvalue weighted by molar-refractivity contribution is 0.346. The molecule has 1 aromatic carbocycles. The second kappa shape index (κ2) is 5.23. The molecular formula is C14H19N3O. The summed E-state index contributed by atoms with van der Waals surface area (Å²) in [6, 6.07) is 7.95. The van der Waals surface area contributed by atoms with E-state index in [1.54, 1.807) is 7.11 Å². The molecule has 0 aliphatic carbocycles. The van der Waals surface area contributed by atoms with Gasteiger partial charge in [-0.2, -0.15) is 0 Å². The number of anilines is 1. The fourth-order valence-electron chi connectivity index (χ4n) is 1.86. The standard InChI is InChI=1S/C14H19N3O/c1-4-17(2)9-11-7-10-5-6-12(18-3)8-13(10)16-14(11)15/h5-8H,4,9H2,1-3H3,(H2,15,16). The molecular weight excluding hydrogens is 226 g/mol. The Hall–Kier alpha value is -1.81. The molecule has 0 aliphatic heterocycles. The first-order chi connectivity index (χ1) is 8.63. The predicted octanol–water partition coefficient (Wildman–Crippen LogP) is 2.28. The molecule has 0 radical (unpaired) electrons. The van der Waals surface area contributed by atoms with Gasteiger partial charge in [-0.05, 0) is 31.8 Å². The summed E-state index contributed by atoms with van der Waals surface area (Å²) in [5, 5.41) is 1.09. The third-order valence-corrected chi connectivity index (χ3v) is 3.12. The monoisotopic (exact) mass is 245 g/mol. The summed E-state index contributed by atoms with van der Waals surface area (Å²) in [4.78, 5) is 6.64. The molecule has 0 fully saturated rings. The minimum Gasteiger partial charge on any atom is -0.497 e. The number of hydrogen-bond donors (Lipinski definition) is 1. The number of nitrogens with two attached hydrogens (primary N) is 1. The maximum Gasteiger partial charge on any atom is 0.128 e. The lowest BCUT2D eigenvalue weighted by atomic mass is 10.1. The summed E-state index contributed by atoms with van der Waals surface area (Å²) in [5.74, 6) is 1.39. The Kier molecular flexibility index (Phi) is 3.67. The Morgan fingerprint density at radius 1 is 1.33 bits per heavy atom. The van der Waals surface area contributed by atoms with E-state index in [0.717, 1.165) is 35.3 Å². The SMILES string of the molecule is CCN(C)Cc1cc2ccc(OC)cc2nc1N. The van der Waals surface area contributed by atoms with Crippen molar-refractivity contribution in [1.29, 1.82) is 0 Å². The molecule has 0 aliphatic rings. The van der Waals surface area contributed by atoms with Crippen LogP contribution in [-0.2, 0) is 6.54 Å². The number of fused-ring (bicyclic) bond motifs is 1. The zero-order valence-corrected chi connectivity index (χ0v) is 11.1. The Labute approximate surface area is 107 Å². The van der Waals surface area contributed by atoms with Crippen molar-refractivity contribution in [2.24, 2.45) is 0 Å². The van der Waals surface area contributed by atoms with Crippen LogP contribution >= 0.6 is 0 Å². The highest BCUT2D eigenvalue weighted by Crippen LogP contribution is 2.23. The van der Waals surface area contributed by atoms with Crippen LogP contribution in [0.2, 0.25) is 0 Å². The van der Waals surface area contributed by atoms with Gasteiger partial charge in [0.15, 0.2) is 0 Å². The summed E-state index contributed by atoms with van der Waals surface area (Å²) in [6.07, 6.45) is 0. The van der Waals surface area contributed by atoms with Gasteiger partial charge in [0.2, 0.25) is 0 Å². The molecule has 0 bridgehead atoms. The Balaban J connectivity index is 2.42. The van der Waals surface area contributed by atoms with Gasteiger partial charge < -0.3 is 15.4 Å². The van der Waals surface area contributed by atoms with Crippen molar-refractivity contribution in [3.8, 4) is 5.75 Å². The molecule has 0 atom stereocenters. The smallest absolute Gasteiger partial charge is 0.128 e. The van der Waals surface area contributed by atoms with Crippen molar-refractivity contribution >= 4 is 16.7 Å². The molecule has 2 aromatic rings. The highest BCUT2D eigenvalue weighted by atomic mass is 16.5. The average molecular weight is 245 g/mol. The van der Waals surface area contributed by atoms with Gasteiger partial charge in [0.25, 0.3) is 0 Å². The number of rotatable bonds is 4. The zero-order chi connectivity index (χ0) is 13.1.